The van der Waals surface area contributed by atoms with Crippen molar-refractivity contribution in [1.29, 1.82) is 0 Å². The molecule has 0 aromatic carbocycles. The van der Waals surface area contributed by atoms with Gasteiger partial charge >= 0.3 is 12.5 Å². The molecule has 0 amide bonds. The van der Waals surface area contributed by atoms with E-state index in [1.165, 1.54) is 0 Å². The van der Waals surface area contributed by atoms with E-state index in [-0.39, 0.29) is 25.5 Å². The van der Waals surface area contributed by atoms with Crippen LogP contribution >= 0.6 is 31.9 Å². The normalized spacial score (nSPS) is 10.7. The van der Waals surface area contributed by atoms with Gasteiger partial charge in [0, 0.05) is 11.5 Å². The summed E-state index contributed by atoms with van der Waals surface area (Å²) in [4.78, 5) is 22.9. The Balaban J connectivity index is 3.59. The Morgan fingerprint density at radius 1 is 1.59 bits per heavy atom. The van der Waals surface area contributed by atoms with E-state index in [0.717, 1.165) is 13.3 Å². The van der Waals surface area contributed by atoms with E-state index in [0.29, 0.717) is 0 Å². The van der Waals surface area contributed by atoms with Crippen molar-refractivity contribution in [2.75, 3.05) is 7.11 Å². The molecule has 0 aliphatic carbocycles. The lowest BCUT2D eigenvalue weighted by Crippen LogP contribution is -2.25. The van der Waals surface area contributed by atoms with Crippen LogP contribution in [0.2, 0.25) is 0 Å². The van der Waals surface area contributed by atoms with Gasteiger partial charge in [0.15, 0.2) is 0 Å². The third-order valence-electron chi connectivity index (χ3n) is 2.03. The third-order valence-corrected chi connectivity index (χ3v) is 3.41. The molecule has 0 bridgehead atoms. The van der Waals surface area contributed by atoms with E-state index in [2.05, 4.69) is 36.6 Å². The highest BCUT2D eigenvalue weighted by atomic mass is 79.9. The first-order valence-electron chi connectivity index (χ1n) is 4.30. The lowest BCUT2D eigenvalue weighted by Gasteiger charge is -2.11. The van der Waals surface area contributed by atoms with Crippen molar-refractivity contribution in [3.05, 3.63) is 32.2 Å². The number of hydrogen-bond acceptors (Lipinski definition) is 3. The average molecular weight is 375 g/mol. The number of rotatable bonds is 3. The van der Waals surface area contributed by atoms with Crippen molar-refractivity contribution in [2.45, 2.75) is 11.9 Å². The van der Waals surface area contributed by atoms with Crippen LogP contribution in [0.1, 0.15) is 22.5 Å². The van der Waals surface area contributed by atoms with E-state index in [9.17, 15) is 18.4 Å². The monoisotopic (exact) mass is 373 g/mol. The number of carbonyl (C=O) groups is 1. The Labute approximate surface area is 112 Å². The zero-order chi connectivity index (χ0) is 13.2. The summed E-state index contributed by atoms with van der Waals surface area (Å²) in [5.74, 6) is -0.783. The molecule has 8 heteroatoms. The maximum atomic E-state index is 12.6. The predicted molar refractivity (Wildman–Crippen MR) is 63.6 cm³/mol. The molecule has 0 saturated heterocycles. The molecular formula is C9H7Br2F2NO3. The fraction of sp³-hybridized carbons (Fsp3) is 0.333. The van der Waals surface area contributed by atoms with Crippen LogP contribution in [0.25, 0.3) is 0 Å². The molecule has 0 fully saturated rings. The highest BCUT2D eigenvalue weighted by molar-refractivity contribution is 9.10. The maximum Gasteiger partial charge on any atom is 0.339 e. The Bertz CT molecular complexity index is 502. The topological polar surface area (TPSA) is 48.3 Å². The first kappa shape index (κ1) is 14.3. The van der Waals surface area contributed by atoms with Crippen LogP contribution in [0, 0.1) is 0 Å². The van der Waals surface area contributed by atoms with Crippen molar-refractivity contribution in [1.82, 2.24) is 4.57 Å². The second-order valence-corrected chi connectivity index (χ2v) is 4.30. The molecule has 1 rings (SSSR count). The molecule has 4 nitrogen and oxygen atoms in total. The fourth-order valence-electron chi connectivity index (χ4n) is 1.20. The highest BCUT2D eigenvalue weighted by Crippen LogP contribution is 2.22. The van der Waals surface area contributed by atoms with Crippen molar-refractivity contribution in [3.8, 4) is 0 Å². The number of hydrogen-bond donors (Lipinski definition) is 0. The second-order valence-electron chi connectivity index (χ2n) is 2.95. The van der Waals surface area contributed by atoms with Crippen LogP contribution in [0.15, 0.2) is 15.5 Å². The molecule has 0 aliphatic heterocycles. The smallest absolute Gasteiger partial charge is 0.339 e. The molecule has 0 unspecified atom stereocenters. The number of nitrogens with zero attached hydrogens (tertiary/aromatic N) is 1. The summed E-state index contributed by atoms with van der Waals surface area (Å²) in [6, 6.07) is 0. The molecule has 0 N–H and O–H groups in total. The molecule has 1 aromatic heterocycles. The standard InChI is InChI=1S/C9H7Br2F2NO3/c1-17-8(16)5-3-14(9(12)13)7(15)6(11)4(5)2-10/h3,9H,2H2,1H3. The maximum absolute atomic E-state index is 12.6. The summed E-state index contributed by atoms with van der Waals surface area (Å²) < 4.78 is 29.7. The molecule has 17 heavy (non-hydrogen) atoms. The number of alkyl halides is 3. The number of methoxy groups -OCH3 is 1. The van der Waals surface area contributed by atoms with Gasteiger partial charge < -0.3 is 4.74 Å². The van der Waals surface area contributed by atoms with Gasteiger partial charge in [0.05, 0.1) is 17.1 Å². The van der Waals surface area contributed by atoms with Gasteiger partial charge in [0.1, 0.15) is 0 Å². The Morgan fingerprint density at radius 3 is 2.59 bits per heavy atom. The number of carbonyl (C=O) groups excluding carboxylic acids is 1. The number of pyridine rings is 1. The van der Waals surface area contributed by atoms with Crippen molar-refractivity contribution in [3.63, 3.8) is 0 Å². The van der Waals surface area contributed by atoms with E-state index < -0.39 is 18.1 Å². The van der Waals surface area contributed by atoms with Gasteiger partial charge in [-0.15, -0.1) is 0 Å². The number of halogens is 4. The van der Waals surface area contributed by atoms with Gasteiger partial charge in [-0.2, -0.15) is 8.78 Å². The number of esters is 1. The van der Waals surface area contributed by atoms with Crippen LogP contribution in [0.3, 0.4) is 0 Å². The highest BCUT2D eigenvalue weighted by Gasteiger charge is 2.21. The molecule has 0 aliphatic rings. The first-order valence-corrected chi connectivity index (χ1v) is 6.21. The van der Waals surface area contributed by atoms with E-state index in [4.69, 9.17) is 0 Å². The minimum atomic E-state index is -3.02. The second kappa shape index (κ2) is 5.72. The van der Waals surface area contributed by atoms with Crippen LogP contribution in [0.4, 0.5) is 8.78 Å². The van der Waals surface area contributed by atoms with Gasteiger partial charge in [-0.05, 0) is 21.5 Å². The average Bonchev–Trinajstić information content (AvgIpc) is 2.30. The summed E-state index contributed by atoms with van der Waals surface area (Å²) in [6.45, 7) is -3.02. The first-order chi connectivity index (χ1) is 7.93. The number of ether oxygens (including phenoxy) is 1. The Hall–Kier alpha value is -0.760. The van der Waals surface area contributed by atoms with E-state index in [1.807, 2.05) is 0 Å². The van der Waals surface area contributed by atoms with Crippen molar-refractivity contribution in [2.24, 2.45) is 0 Å². The minimum absolute atomic E-state index is 0.0856. The van der Waals surface area contributed by atoms with Gasteiger partial charge in [0.25, 0.3) is 5.56 Å². The van der Waals surface area contributed by atoms with Crippen molar-refractivity contribution >= 4 is 37.8 Å². The molecule has 1 aromatic rings. The van der Waals surface area contributed by atoms with Crippen molar-refractivity contribution < 1.29 is 18.3 Å². The SMILES string of the molecule is COC(=O)c1cn(C(F)F)c(=O)c(Br)c1CBr. The zero-order valence-electron chi connectivity index (χ0n) is 8.55. The molecular weight excluding hydrogens is 368 g/mol. The lowest BCUT2D eigenvalue weighted by molar-refractivity contribution is 0.0576. The summed E-state index contributed by atoms with van der Waals surface area (Å²) in [5, 5.41) is 0.164. The largest absolute Gasteiger partial charge is 0.465 e. The fourth-order valence-corrected chi connectivity index (χ4v) is 2.71. The predicted octanol–water partition coefficient (Wildman–Crippen LogP) is 2.69. The van der Waals surface area contributed by atoms with Gasteiger partial charge in [-0.3, -0.25) is 9.36 Å². The van der Waals surface area contributed by atoms with Gasteiger partial charge in [-0.1, -0.05) is 15.9 Å². The minimum Gasteiger partial charge on any atom is -0.465 e. The van der Waals surface area contributed by atoms with E-state index in [1.54, 1.807) is 0 Å². The lowest BCUT2D eigenvalue weighted by atomic mass is 10.1. The van der Waals surface area contributed by atoms with Gasteiger partial charge in [0.2, 0.25) is 0 Å². The molecule has 1 heterocycles. The summed E-state index contributed by atoms with van der Waals surface area (Å²) >= 11 is 5.98. The van der Waals surface area contributed by atoms with Crippen LogP contribution in [-0.2, 0) is 10.1 Å². The molecule has 0 saturated carbocycles. The van der Waals surface area contributed by atoms with Crippen LogP contribution in [0.5, 0.6) is 0 Å². The molecule has 0 radical (unpaired) electrons. The number of aromatic nitrogens is 1. The summed E-state index contributed by atoms with van der Waals surface area (Å²) in [6.07, 6.45) is 0.792. The molecule has 0 atom stereocenters. The van der Waals surface area contributed by atoms with Gasteiger partial charge in [-0.25, -0.2) is 4.79 Å². The molecule has 0 spiro atoms. The Morgan fingerprint density at radius 2 is 2.18 bits per heavy atom. The third kappa shape index (κ3) is 2.74. The Kier molecular flexibility index (Phi) is 4.81. The van der Waals surface area contributed by atoms with Crippen LogP contribution in [-0.4, -0.2) is 17.6 Å². The zero-order valence-corrected chi connectivity index (χ0v) is 11.7. The van der Waals surface area contributed by atoms with Crippen LogP contribution < -0.4 is 5.56 Å². The summed E-state index contributed by atoms with van der Waals surface area (Å²) in [5.41, 5.74) is -0.711. The quantitative estimate of drug-likeness (QED) is 0.603. The summed E-state index contributed by atoms with van der Waals surface area (Å²) in [7, 11) is 1.13. The van der Waals surface area contributed by atoms with E-state index >= 15 is 0 Å². The molecule has 94 valence electrons.